The Labute approximate surface area is 382 Å². The molecule has 0 aliphatic carbocycles. The maximum Gasteiger partial charge on any atom is 0.335 e. The predicted octanol–water partition coefficient (Wildman–Crippen LogP) is 14.2. The number of nitrogens with zero attached hydrogens (tertiary/aromatic N) is 3. The Morgan fingerprint density at radius 1 is 0.683 bits per heavy atom. The van der Waals surface area contributed by atoms with Gasteiger partial charge in [-0.1, -0.05) is 30.7 Å². The average Bonchev–Trinajstić information content (AvgIpc) is 4.10. The lowest BCUT2D eigenvalue weighted by Gasteiger charge is -2.23. The maximum atomic E-state index is 14.0. The number of aliphatic carboxylic acids is 1. The van der Waals surface area contributed by atoms with Crippen molar-refractivity contribution in [2.24, 2.45) is 0 Å². The van der Waals surface area contributed by atoms with Crippen molar-refractivity contribution in [1.29, 1.82) is 5.26 Å². The summed E-state index contributed by atoms with van der Waals surface area (Å²) in [5.41, 5.74) is 8.87. The molecule has 8 rings (SSSR count). The van der Waals surface area contributed by atoms with Crippen LogP contribution in [0.1, 0.15) is 70.1 Å². The zero-order valence-electron chi connectivity index (χ0n) is 35.6. The van der Waals surface area contributed by atoms with E-state index < -0.39 is 17.8 Å². The second kappa shape index (κ2) is 18.3. The van der Waals surface area contributed by atoms with E-state index in [4.69, 9.17) is 5.11 Å². The number of para-hydroxylation sites is 1. The number of aromatic carboxylic acids is 1. The van der Waals surface area contributed by atoms with Crippen molar-refractivity contribution in [2.75, 3.05) is 11.4 Å². The standard InChI is InChI=1S/C51H45N3O5S4/c1-6-53-39-13-10-9-12-37(39)38-26-34(17-20-40(38)53)42-23-30(3)48(61-42)44-25-32(5)49(63-44)45-24-31(4)47(62-45)43-22-29(2)41(60-43)27-35(28-52)50(57)54(21-11-7-8-14-46(55)56)36-18-15-33(16-19-36)51(58)59/h9-10,12-13,15-20,22-27H,6-8,11,14,21H2,1-5H3,(H,55,56)(H,58,59)/b35-27+. The number of amides is 1. The number of hydrogen-bond donors (Lipinski definition) is 2. The molecule has 0 aliphatic heterocycles. The highest BCUT2D eigenvalue weighted by Gasteiger charge is 2.23. The monoisotopic (exact) mass is 907 g/mol. The number of benzene rings is 3. The quantitative estimate of drug-likeness (QED) is 0.0600. The molecule has 0 atom stereocenters. The summed E-state index contributed by atoms with van der Waals surface area (Å²) >= 11 is 6.98. The number of carbonyl (C=O) groups excluding carboxylic acids is 1. The van der Waals surface area contributed by atoms with Gasteiger partial charge in [-0.2, -0.15) is 5.26 Å². The van der Waals surface area contributed by atoms with Crippen LogP contribution in [-0.4, -0.2) is 39.2 Å². The molecule has 2 N–H and O–H groups in total. The molecule has 1 amide bonds. The number of rotatable bonds is 15. The highest BCUT2D eigenvalue weighted by atomic mass is 32.1. The van der Waals surface area contributed by atoms with Crippen LogP contribution in [0.3, 0.4) is 0 Å². The summed E-state index contributed by atoms with van der Waals surface area (Å²) in [6, 6.07) is 32.6. The number of hydrogen-bond acceptors (Lipinski definition) is 8. The Hall–Kier alpha value is -6.10. The van der Waals surface area contributed by atoms with E-state index in [1.807, 2.05) is 29.6 Å². The van der Waals surface area contributed by atoms with Gasteiger partial charge in [0.25, 0.3) is 5.91 Å². The molecule has 0 fully saturated rings. The second-order valence-electron chi connectivity index (χ2n) is 15.7. The molecule has 12 heteroatoms. The van der Waals surface area contributed by atoms with Gasteiger partial charge in [-0.3, -0.25) is 9.59 Å². The van der Waals surface area contributed by atoms with Crippen molar-refractivity contribution in [3.63, 3.8) is 0 Å². The van der Waals surface area contributed by atoms with Crippen LogP contribution < -0.4 is 4.90 Å². The first-order valence-corrected chi connectivity index (χ1v) is 24.0. The predicted molar refractivity (Wildman–Crippen MR) is 263 cm³/mol. The second-order valence-corrected chi connectivity index (χ2v) is 19.9. The first-order valence-electron chi connectivity index (χ1n) is 20.8. The van der Waals surface area contributed by atoms with Crippen LogP contribution in [0.5, 0.6) is 0 Å². The van der Waals surface area contributed by atoms with Crippen LogP contribution in [0.15, 0.2) is 96.6 Å². The van der Waals surface area contributed by atoms with E-state index in [1.54, 1.807) is 40.9 Å². The first kappa shape index (κ1) is 43.5. The fraction of sp³-hybridized carbons (Fsp3) is 0.216. The van der Waals surface area contributed by atoms with Gasteiger partial charge in [-0.15, -0.1) is 45.3 Å². The number of aryl methyl sites for hydroxylation is 5. The van der Waals surface area contributed by atoms with Crippen LogP contribution in [0.25, 0.3) is 67.6 Å². The average molecular weight is 908 g/mol. The van der Waals surface area contributed by atoms with Gasteiger partial charge in [-0.05, 0) is 148 Å². The summed E-state index contributed by atoms with van der Waals surface area (Å²) in [5.74, 6) is -2.46. The highest BCUT2D eigenvalue weighted by Crippen LogP contribution is 2.49. The van der Waals surface area contributed by atoms with Crippen molar-refractivity contribution >= 4 is 96.8 Å². The molecule has 0 aliphatic rings. The van der Waals surface area contributed by atoms with Gasteiger partial charge < -0.3 is 19.7 Å². The van der Waals surface area contributed by atoms with E-state index in [-0.39, 0.29) is 24.1 Å². The van der Waals surface area contributed by atoms with Crippen molar-refractivity contribution in [3.05, 3.63) is 129 Å². The van der Waals surface area contributed by atoms with E-state index in [2.05, 4.69) is 105 Å². The number of carboxylic acids is 2. The summed E-state index contributed by atoms with van der Waals surface area (Å²) in [7, 11) is 0. The van der Waals surface area contributed by atoms with Crippen molar-refractivity contribution in [3.8, 4) is 45.8 Å². The number of unbranched alkanes of at least 4 members (excludes halogenated alkanes) is 2. The Bertz CT molecular complexity index is 3130. The molecule has 318 valence electrons. The topological polar surface area (TPSA) is 124 Å². The minimum Gasteiger partial charge on any atom is -0.481 e. The fourth-order valence-electron chi connectivity index (χ4n) is 8.12. The zero-order chi connectivity index (χ0) is 44.5. The van der Waals surface area contributed by atoms with E-state index in [9.17, 15) is 24.8 Å². The van der Waals surface area contributed by atoms with Gasteiger partial charge >= 0.3 is 11.9 Å². The molecule has 0 spiro atoms. The molecule has 0 bridgehead atoms. The Morgan fingerprint density at radius 2 is 1.27 bits per heavy atom. The smallest absolute Gasteiger partial charge is 0.335 e. The Morgan fingerprint density at radius 3 is 1.89 bits per heavy atom. The summed E-state index contributed by atoms with van der Waals surface area (Å²) in [6.45, 7) is 11.9. The van der Waals surface area contributed by atoms with E-state index >= 15 is 0 Å². The van der Waals surface area contributed by atoms with E-state index in [1.165, 1.54) is 79.9 Å². The molecule has 8 aromatic rings. The largest absolute Gasteiger partial charge is 0.481 e. The van der Waals surface area contributed by atoms with Gasteiger partial charge in [0.15, 0.2) is 0 Å². The molecular formula is C51H45N3O5S4. The number of carboxylic acid groups (broad SMARTS) is 2. The van der Waals surface area contributed by atoms with Gasteiger partial charge in [0.2, 0.25) is 0 Å². The fourth-order valence-corrected chi connectivity index (χ4v) is 13.2. The van der Waals surface area contributed by atoms with Gasteiger partial charge in [0.05, 0.1) is 5.56 Å². The van der Waals surface area contributed by atoms with E-state index in [0.717, 1.165) is 32.3 Å². The van der Waals surface area contributed by atoms with Crippen LogP contribution in [-0.2, 0) is 16.1 Å². The molecule has 0 radical (unpaired) electrons. The Kier molecular flexibility index (Phi) is 12.7. The van der Waals surface area contributed by atoms with Crippen LogP contribution in [0.2, 0.25) is 0 Å². The van der Waals surface area contributed by atoms with Crippen LogP contribution >= 0.6 is 45.3 Å². The summed E-state index contributed by atoms with van der Waals surface area (Å²) in [4.78, 5) is 47.3. The number of fused-ring (bicyclic) bond motifs is 3. The van der Waals surface area contributed by atoms with Crippen molar-refractivity contribution in [2.45, 2.75) is 66.8 Å². The SMILES string of the molecule is CCn1c2ccccc2c2cc(-c3cc(C)c(-c4cc(C)c(-c5cc(C)c(-c6cc(C)c(/C=C(\C#N)C(=O)N(CCCCCC(=O)O)c7ccc(C(=O)O)cc7)s6)s5)s4)s3)ccc21. The van der Waals surface area contributed by atoms with Gasteiger partial charge in [-0.25, -0.2) is 4.79 Å². The molecule has 5 heterocycles. The third kappa shape index (κ3) is 8.79. The third-order valence-electron chi connectivity index (χ3n) is 11.3. The molecule has 3 aromatic carbocycles. The van der Waals surface area contributed by atoms with Gasteiger partial charge in [0, 0.05) is 86.0 Å². The lowest BCUT2D eigenvalue weighted by Crippen LogP contribution is -2.33. The van der Waals surface area contributed by atoms with Crippen LogP contribution in [0, 0.1) is 39.0 Å². The van der Waals surface area contributed by atoms with Crippen molar-refractivity contribution in [1.82, 2.24) is 4.57 Å². The van der Waals surface area contributed by atoms with Crippen LogP contribution in [0.4, 0.5) is 5.69 Å². The minimum absolute atomic E-state index is 0.0328. The number of anilines is 1. The molecule has 0 unspecified atom stereocenters. The summed E-state index contributed by atoms with van der Waals surface area (Å²) in [5, 5.41) is 31.3. The van der Waals surface area contributed by atoms with Gasteiger partial charge in [0.1, 0.15) is 11.6 Å². The minimum atomic E-state index is -1.08. The highest BCUT2D eigenvalue weighted by molar-refractivity contribution is 7.29. The lowest BCUT2D eigenvalue weighted by molar-refractivity contribution is -0.137. The normalized spacial score (nSPS) is 11.7. The molecule has 0 saturated heterocycles. The number of aromatic nitrogens is 1. The van der Waals surface area contributed by atoms with Crippen molar-refractivity contribution < 1.29 is 24.6 Å². The number of thiophene rings is 4. The molecule has 5 aromatic heterocycles. The summed E-state index contributed by atoms with van der Waals surface area (Å²) in [6.07, 6.45) is 3.24. The lowest BCUT2D eigenvalue weighted by atomic mass is 10.1. The zero-order valence-corrected chi connectivity index (χ0v) is 38.8. The molecule has 8 nitrogen and oxygen atoms in total. The molecule has 0 saturated carbocycles. The molecule has 63 heavy (non-hydrogen) atoms. The molecular weight excluding hydrogens is 863 g/mol. The number of carbonyl (C=O) groups is 3. The maximum absolute atomic E-state index is 14.0. The third-order valence-corrected chi connectivity index (χ3v) is 16.8. The first-order chi connectivity index (χ1) is 30.3. The Balaban J connectivity index is 1.04. The number of nitriles is 1. The summed E-state index contributed by atoms with van der Waals surface area (Å²) < 4.78 is 2.39. The van der Waals surface area contributed by atoms with E-state index in [0.29, 0.717) is 24.9 Å².